The van der Waals surface area contributed by atoms with Gasteiger partial charge in [-0.15, -0.1) is 0 Å². The van der Waals surface area contributed by atoms with Crippen LogP contribution < -0.4 is 5.73 Å². The molecule has 0 aliphatic rings. The number of nitrogens with two attached hydrogens (primary N) is 1. The van der Waals surface area contributed by atoms with E-state index in [2.05, 4.69) is 9.97 Å². The van der Waals surface area contributed by atoms with Gasteiger partial charge >= 0.3 is 0 Å². The number of aliphatic hydroxyl groups is 1. The fourth-order valence-corrected chi connectivity index (χ4v) is 1.68. The van der Waals surface area contributed by atoms with Gasteiger partial charge in [0.1, 0.15) is 23.4 Å². The molecule has 3 N–H and O–H groups in total. The number of anilines is 1. The minimum absolute atomic E-state index is 0.0460. The van der Waals surface area contributed by atoms with Crippen LogP contribution in [-0.4, -0.2) is 15.1 Å². The Morgan fingerprint density at radius 2 is 2.06 bits per heavy atom. The second-order valence-electron chi connectivity index (χ2n) is 3.70. The van der Waals surface area contributed by atoms with Crippen molar-refractivity contribution >= 4 is 5.82 Å². The lowest BCUT2D eigenvalue weighted by atomic mass is 10.0. The van der Waals surface area contributed by atoms with Gasteiger partial charge in [-0.05, 0) is 30.7 Å². The lowest BCUT2D eigenvalue weighted by molar-refractivity contribution is 0.209. The van der Waals surface area contributed by atoms with Crippen molar-refractivity contribution in [3.63, 3.8) is 0 Å². The van der Waals surface area contributed by atoms with E-state index in [1.165, 1.54) is 24.5 Å². The van der Waals surface area contributed by atoms with E-state index in [1.807, 2.05) is 0 Å². The van der Waals surface area contributed by atoms with Crippen molar-refractivity contribution in [2.24, 2.45) is 0 Å². The summed E-state index contributed by atoms with van der Waals surface area (Å²) < 4.78 is 13.5. The fraction of sp³-hybridized carbons (Fsp3) is 0.167. The van der Waals surface area contributed by atoms with Crippen molar-refractivity contribution in [3.8, 4) is 0 Å². The summed E-state index contributed by atoms with van der Waals surface area (Å²) in [5.74, 6) is -0.384. The van der Waals surface area contributed by atoms with Crippen LogP contribution in [-0.2, 0) is 0 Å². The van der Waals surface area contributed by atoms with Gasteiger partial charge < -0.3 is 10.8 Å². The first kappa shape index (κ1) is 11.5. The lowest BCUT2D eigenvalue weighted by Crippen LogP contribution is -2.10. The largest absolute Gasteiger partial charge is 0.383 e. The first-order valence-corrected chi connectivity index (χ1v) is 5.10. The van der Waals surface area contributed by atoms with Crippen molar-refractivity contribution in [1.82, 2.24) is 9.97 Å². The third-order valence-electron chi connectivity index (χ3n) is 2.56. The number of aliphatic hydroxyl groups excluding tert-OH is 1. The molecule has 0 aliphatic carbocycles. The van der Waals surface area contributed by atoms with E-state index in [1.54, 1.807) is 13.0 Å². The van der Waals surface area contributed by atoms with Gasteiger partial charge in [0.05, 0.1) is 0 Å². The number of pyridine rings is 2. The zero-order valence-electron chi connectivity index (χ0n) is 9.26. The number of halogens is 1. The number of aryl methyl sites for hydroxylation is 1. The van der Waals surface area contributed by atoms with Crippen molar-refractivity contribution in [2.75, 3.05) is 5.73 Å². The molecule has 2 heterocycles. The van der Waals surface area contributed by atoms with Gasteiger partial charge in [0.15, 0.2) is 0 Å². The number of hydrogen-bond acceptors (Lipinski definition) is 4. The fourth-order valence-electron chi connectivity index (χ4n) is 1.68. The van der Waals surface area contributed by atoms with Crippen LogP contribution in [0, 0.1) is 12.7 Å². The first-order chi connectivity index (χ1) is 8.11. The Bertz CT molecular complexity index is 525. The quantitative estimate of drug-likeness (QED) is 0.826. The maximum absolute atomic E-state index is 13.5. The molecule has 0 saturated heterocycles. The number of hydrogen-bond donors (Lipinski definition) is 2. The van der Waals surface area contributed by atoms with Gasteiger partial charge in [0.25, 0.3) is 0 Å². The van der Waals surface area contributed by atoms with Gasteiger partial charge in [0, 0.05) is 18.0 Å². The molecule has 0 spiro atoms. The second-order valence-corrected chi connectivity index (χ2v) is 3.70. The smallest absolute Gasteiger partial charge is 0.147 e. The Morgan fingerprint density at radius 1 is 1.29 bits per heavy atom. The second kappa shape index (κ2) is 4.47. The molecule has 17 heavy (non-hydrogen) atoms. The summed E-state index contributed by atoms with van der Waals surface area (Å²) in [4.78, 5) is 7.71. The topological polar surface area (TPSA) is 72.0 Å². The van der Waals surface area contributed by atoms with Crippen LogP contribution in [0.1, 0.15) is 22.9 Å². The standard InChI is InChI=1S/C12H12FN3O/c1-7-4-6-16-12(14)9(7)11(17)10-8(13)3-2-5-15-10/h2-6,11,17H,1H3,(H2,14,16). The van der Waals surface area contributed by atoms with Gasteiger partial charge in [0.2, 0.25) is 0 Å². The molecule has 2 rings (SSSR count). The van der Waals surface area contributed by atoms with E-state index in [-0.39, 0.29) is 11.5 Å². The molecule has 1 atom stereocenters. The molecule has 5 heteroatoms. The molecule has 0 aliphatic heterocycles. The Morgan fingerprint density at radius 3 is 2.71 bits per heavy atom. The number of aromatic nitrogens is 2. The van der Waals surface area contributed by atoms with E-state index >= 15 is 0 Å². The molecule has 2 aromatic rings. The predicted octanol–water partition coefficient (Wildman–Crippen LogP) is 1.59. The SMILES string of the molecule is Cc1ccnc(N)c1C(O)c1ncccc1F. The first-order valence-electron chi connectivity index (χ1n) is 5.10. The van der Waals surface area contributed by atoms with E-state index in [0.29, 0.717) is 5.56 Å². The zero-order chi connectivity index (χ0) is 12.4. The van der Waals surface area contributed by atoms with Crippen molar-refractivity contribution in [3.05, 3.63) is 53.2 Å². The van der Waals surface area contributed by atoms with E-state index in [4.69, 9.17) is 5.73 Å². The molecular formula is C12H12FN3O. The number of nitrogens with zero attached hydrogens (tertiary/aromatic N) is 2. The Balaban J connectivity index is 2.51. The monoisotopic (exact) mass is 233 g/mol. The average molecular weight is 233 g/mol. The lowest BCUT2D eigenvalue weighted by Gasteiger charge is -2.15. The summed E-state index contributed by atoms with van der Waals surface area (Å²) in [7, 11) is 0. The minimum atomic E-state index is -1.20. The molecule has 0 amide bonds. The summed E-state index contributed by atoms with van der Waals surface area (Å²) in [6.07, 6.45) is 1.75. The maximum Gasteiger partial charge on any atom is 0.147 e. The average Bonchev–Trinajstić information content (AvgIpc) is 2.29. The van der Waals surface area contributed by atoms with E-state index in [0.717, 1.165) is 5.56 Å². The molecule has 0 saturated carbocycles. The van der Waals surface area contributed by atoms with Gasteiger partial charge in [-0.3, -0.25) is 4.98 Å². The van der Waals surface area contributed by atoms with Crippen molar-refractivity contribution in [2.45, 2.75) is 13.0 Å². The third kappa shape index (κ3) is 2.09. The number of nitrogen functional groups attached to an aromatic ring is 1. The maximum atomic E-state index is 13.5. The Kier molecular flexibility index (Phi) is 3.01. The molecule has 2 aromatic heterocycles. The van der Waals surface area contributed by atoms with Gasteiger partial charge in [-0.25, -0.2) is 9.37 Å². The molecular weight excluding hydrogens is 221 g/mol. The van der Waals surface area contributed by atoms with Gasteiger partial charge in [-0.2, -0.15) is 0 Å². The van der Waals surface area contributed by atoms with Crippen LogP contribution in [0.4, 0.5) is 10.2 Å². The van der Waals surface area contributed by atoms with Crippen LogP contribution in [0.2, 0.25) is 0 Å². The van der Waals surface area contributed by atoms with Crippen LogP contribution in [0.25, 0.3) is 0 Å². The normalized spacial score (nSPS) is 12.4. The van der Waals surface area contributed by atoms with Crippen LogP contribution in [0.5, 0.6) is 0 Å². The summed E-state index contributed by atoms with van der Waals surface area (Å²) in [5.41, 5.74) is 6.78. The summed E-state index contributed by atoms with van der Waals surface area (Å²) in [6.45, 7) is 1.78. The highest BCUT2D eigenvalue weighted by Gasteiger charge is 2.20. The molecule has 0 bridgehead atoms. The number of rotatable bonds is 2. The highest BCUT2D eigenvalue weighted by Crippen LogP contribution is 2.28. The molecule has 0 fully saturated rings. The molecule has 1 unspecified atom stereocenters. The molecule has 0 radical (unpaired) electrons. The van der Waals surface area contributed by atoms with Crippen LogP contribution >= 0.6 is 0 Å². The molecule has 4 nitrogen and oxygen atoms in total. The van der Waals surface area contributed by atoms with E-state index < -0.39 is 11.9 Å². The van der Waals surface area contributed by atoms with Crippen LogP contribution in [0.3, 0.4) is 0 Å². The van der Waals surface area contributed by atoms with Crippen molar-refractivity contribution < 1.29 is 9.50 Å². The summed E-state index contributed by atoms with van der Waals surface area (Å²) in [6, 6.07) is 4.41. The van der Waals surface area contributed by atoms with E-state index in [9.17, 15) is 9.50 Å². The van der Waals surface area contributed by atoms with Gasteiger partial charge in [-0.1, -0.05) is 0 Å². The molecule has 0 aromatic carbocycles. The van der Waals surface area contributed by atoms with Crippen molar-refractivity contribution in [1.29, 1.82) is 0 Å². The minimum Gasteiger partial charge on any atom is -0.383 e. The predicted molar refractivity (Wildman–Crippen MR) is 61.6 cm³/mol. The highest BCUT2D eigenvalue weighted by molar-refractivity contribution is 5.47. The summed E-state index contributed by atoms with van der Waals surface area (Å²) in [5, 5.41) is 10.1. The zero-order valence-corrected chi connectivity index (χ0v) is 9.26. The van der Waals surface area contributed by atoms with Crippen LogP contribution in [0.15, 0.2) is 30.6 Å². The Labute approximate surface area is 98.0 Å². The molecule has 88 valence electrons. The summed E-state index contributed by atoms with van der Waals surface area (Å²) >= 11 is 0. The third-order valence-corrected chi connectivity index (χ3v) is 2.56. The highest BCUT2D eigenvalue weighted by atomic mass is 19.1. The Hall–Kier alpha value is -2.01.